The van der Waals surface area contributed by atoms with Crippen LogP contribution >= 0.6 is 0 Å². The molecule has 144 valence electrons. The van der Waals surface area contributed by atoms with Crippen LogP contribution in [0, 0.1) is 0 Å². The van der Waals surface area contributed by atoms with Crippen LogP contribution in [0.4, 0.5) is 0 Å². The Morgan fingerprint density at radius 2 is 1.36 bits per heavy atom. The number of nitrogens with zero attached hydrogens (tertiary/aromatic N) is 3. The third-order valence-electron chi connectivity index (χ3n) is 4.07. The number of aromatic nitrogens is 3. The molecule has 0 saturated heterocycles. The predicted octanol–water partition coefficient (Wildman–Crippen LogP) is 3.33. The second-order valence-electron chi connectivity index (χ2n) is 5.86. The fourth-order valence-corrected chi connectivity index (χ4v) is 2.67. The molecule has 28 heavy (non-hydrogen) atoms. The third-order valence-corrected chi connectivity index (χ3v) is 4.07. The van der Waals surface area contributed by atoms with E-state index in [9.17, 15) is 4.79 Å². The van der Waals surface area contributed by atoms with Crippen molar-refractivity contribution in [3.63, 3.8) is 0 Å². The molecular weight excluding hydrogens is 358 g/mol. The maximum Gasteiger partial charge on any atom is 0.313 e. The van der Waals surface area contributed by atoms with Crippen molar-refractivity contribution in [2.75, 3.05) is 20.8 Å². The summed E-state index contributed by atoms with van der Waals surface area (Å²) in [6, 6.07) is 15.0. The van der Waals surface area contributed by atoms with Crippen LogP contribution in [-0.2, 0) is 16.0 Å². The Kier molecular flexibility index (Phi) is 6.16. The molecule has 2 aromatic carbocycles. The van der Waals surface area contributed by atoms with Gasteiger partial charge in [-0.3, -0.25) is 4.79 Å². The molecule has 1 aromatic heterocycles. The smallest absolute Gasteiger partial charge is 0.313 e. The van der Waals surface area contributed by atoms with Crippen molar-refractivity contribution in [2.24, 2.45) is 0 Å². The molecule has 3 aromatic rings. The van der Waals surface area contributed by atoms with Gasteiger partial charge in [-0.05, 0) is 55.5 Å². The number of hydrogen-bond donors (Lipinski definition) is 0. The number of esters is 1. The van der Waals surface area contributed by atoms with E-state index in [1.165, 1.54) is 0 Å². The molecule has 0 N–H and O–H groups in total. The number of hydrogen-bond acceptors (Lipinski definition) is 7. The summed E-state index contributed by atoms with van der Waals surface area (Å²) in [5.74, 6) is 1.40. The van der Waals surface area contributed by atoms with Crippen LogP contribution in [0.5, 0.6) is 11.5 Å². The first-order valence-electron chi connectivity index (χ1n) is 8.82. The zero-order chi connectivity index (χ0) is 19.9. The van der Waals surface area contributed by atoms with Gasteiger partial charge < -0.3 is 14.2 Å². The molecule has 0 unspecified atom stereocenters. The van der Waals surface area contributed by atoms with E-state index in [0.29, 0.717) is 23.8 Å². The van der Waals surface area contributed by atoms with Crippen molar-refractivity contribution >= 4 is 5.97 Å². The molecule has 3 rings (SSSR count). The molecule has 0 aliphatic rings. The van der Waals surface area contributed by atoms with E-state index in [-0.39, 0.29) is 12.4 Å². The molecule has 7 heteroatoms. The van der Waals surface area contributed by atoms with E-state index in [1.54, 1.807) is 21.1 Å². The minimum atomic E-state index is -0.387. The first kappa shape index (κ1) is 19.3. The molecule has 0 aliphatic carbocycles. The summed E-state index contributed by atoms with van der Waals surface area (Å²) >= 11 is 0. The van der Waals surface area contributed by atoms with Crippen molar-refractivity contribution in [1.29, 1.82) is 0 Å². The summed E-state index contributed by atoms with van der Waals surface area (Å²) in [6.45, 7) is 2.06. The maximum atomic E-state index is 11.8. The van der Waals surface area contributed by atoms with Crippen molar-refractivity contribution in [3.05, 3.63) is 54.4 Å². The normalized spacial score (nSPS) is 10.4. The molecule has 0 saturated carbocycles. The van der Waals surface area contributed by atoms with Crippen LogP contribution in [0.1, 0.15) is 12.7 Å². The molecule has 1 heterocycles. The van der Waals surface area contributed by atoms with Crippen LogP contribution in [0.25, 0.3) is 22.5 Å². The van der Waals surface area contributed by atoms with E-state index < -0.39 is 0 Å². The lowest BCUT2D eigenvalue weighted by atomic mass is 10.0. The lowest BCUT2D eigenvalue weighted by Crippen LogP contribution is -2.12. The monoisotopic (exact) mass is 379 g/mol. The fourth-order valence-electron chi connectivity index (χ4n) is 2.67. The van der Waals surface area contributed by atoms with Crippen molar-refractivity contribution in [1.82, 2.24) is 15.2 Å². The molecule has 0 aliphatic heterocycles. The zero-order valence-electron chi connectivity index (χ0n) is 16.0. The van der Waals surface area contributed by atoms with Crippen LogP contribution in [0.15, 0.2) is 48.5 Å². The minimum absolute atomic E-state index is 0.0348. The number of methoxy groups -OCH3 is 2. The standard InChI is InChI=1S/C21H21N3O4/c1-4-28-19(25)13-18-22-20(14-5-9-16(26-2)10-6-14)21(24-23-18)15-7-11-17(27-3)12-8-15/h5-12H,4,13H2,1-3H3. The number of carbonyl (C=O) groups excluding carboxylic acids is 1. The minimum Gasteiger partial charge on any atom is -0.497 e. The SMILES string of the molecule is CCOC(=O)Cc1nnc(-c2ccc(OC)cc2)c(-c2ccc(OC)cc2)n1. The first-order chi connectivity index (χ1) is 13.6. The number of ether oxygens (including phenoxy) is 3. The molecule has 7 nitrogen and oxygen atoms in total. The fraction of sp³-hybridized carbons (Fsp3) is 0.238. The van der Waals surface area contributed by atoms with Crippen LogP contribution in [0.3, 0.4) is 0 Å². The van der Waals surface area contributed by atoms with Gasteiger partial charge in [-0.25, -0.2) is 4.98 Å². The van der Waals surface area contributed by atoms with Gasteiger partial charge in [-0.2, -0.15) is 0 Å². The number of rotatable bonds is 7. The molecular formula is C21H21N3O4. The Bertz CT molecular complexity index is 941. The van der Waals surface area contributed by atoms with E-state index >= 15 is 0 Å². The Morgan fingerprint density at radius 3 is 1.86 bits per heavy atom. The average Bonchev–Trinajstić information content (AvgIpc) is 2.74. The largest absolute Gasteiger partial charge is 0.497 e. The topological polar surface area (TPSA) is 83.4 Å². The van der Waals surface area contributed by atoms with Crippen LogP contribution in [-0.4, -0.2) is 42.0 Å². The van der Waals surface area contributed by atoms with Crippen LogP contribution in [0.2, 0.25) is 0 Å². The Morgan fingerprint density at radius 1 is 0.821 bits per heavy atom. The predicted molar refractivity (Wildman–Crippen MR) is 104 cm³/mol. The van der Waals surface area contributed by atoms with Gasteiger partial charge in [0.1, 0.15) is 29.3 Å². The molecule has 0 atom stereocenters. The number of benzene rings is 2. The van der Waals surface area contributed by atoms with Crippen molar-refractivity contribution < 1.29 is 19.0 Å². The highest BCUT2D eigenvalue weighted by atomic mass is 16.5. The Hall–Kier alpha value is -3.48. The Labute approximate surface area is 163 Å². The molecule has 0 bridgehead atoms. The van der Waals surface area contributed by atoms with Gasteiger partial charge in [0.15, 0.2) is 5.82 Å². The lowest BCUT2D eigenvalue weighted by Gasteiger charge is -2.10. The molecule has 0 radical (unpaired) electrons. The summed E-state index contributed by atoms with van der Waals surface area (Å²) in [5, 5.41) is 8.47. The van der Waals surface area contributed by atoms with E-state index in [2.05, 4.69) is 15.2 Å². The summed E-state index contributed by atoms with van der Waals surface area (Å²) < 4.78 is 15.4. The summed E-state index contributed by atoms with van der Waals surface area (Å²) in [5.41, 5.74) is 2.92. The van der Waals surface area contributed by atoms with Gasteiger partial charge in [0.25, 0.3) is 0 Å². The van der Waals surface area contributed by atoms with Crippen molar-refractivity contribution in [3.8, 4) is 34.0 Å². The summed E-state index contributed by atoms with van der Waals surface area (Å²) in [7, 11) is 3.23. The van der Waals surface area contributed by atoms with E-state index in [4.69, 9.17) is 14.2 Å². The summed E-state index contributed by atoms with van der Waals surface area (Å²) in [4.78, 5) is 16.4. The van der Waals surface area contributed by atoms with Gasteiger partial charge in [-0.15, -0.1) is 10.2 Å². The van der Waals surface area contributed by atoms with Gasteiger partial charge in [0, 0.05) is 11.1 Å². The van der Waals surface area contributed by atoms with Crippen molar-refractivity contribution in [2.45, 2.75) is 13.3 Å². The second-order valence-corrected chi connectivity index (χ2v) is 5.86. The highest BCUT2D eigenvalue weighted by Gasteiger charge is 2.16. The van der Waals surface area contributed by atoms with Gasteiger partial charge >= 0.3 is 5.97 Å². The maximum absolute atomic E-state index is 11.8. The van der Waals surface area contributed by atoms with Crippen LogP contribution < -0.4 is 9.47 Å². The van der Waals surface area contributed by atoms with Gasteiger partial charge in [-0.1, -0.05) is 0 Å². The van der Waals surface area contributed by atoms with E-state index in [0.717, 1.165) is 22.6 Å². The average molecular weight is 379 g/mol. The van der Waals surface area contributed by atoms with Gasteiger partial charge in [0.05, 0.1) is 20.8 Å². The molecule has 0 spiro atoms. The quantitative estimate of drug-likeness (QED) is 0.582. The molecule has 0 amide bonds. The van der Waals surface area contributed by atoms with Gasteiger partial charge in [0.2, 0.25) is 0 Å². The summed E-state index contributed by atoms with van der Waals surface area (Å²) in [6.07, 6.45) is -0.0348. The van der Waals surface area contributed by atoms with E-state index in [1.807, 2.05) is 48.5 Å². The zero-order valence-corrected chi connectivity index (χ0v) is 16.0. The highest BCUT2D eigenvalue weighted by Crippen LogP contribution is 2.30. The number of carbonyl (C=O) groups is 1. The lowest BCUT2D eigenvalue weighted by molar-refractivity contribution is -0.142. The third kappa shape index (κ3) is 4.43. The molecule has 0 fully saturated rings. The second kappa shape index (κ2) is 8.94. The first-order valence-corrected chi connectivity index (χ1v) is 8.82. The highest BCUT2D eigenvalue weighted by molar-refractivity contribution is 5.78. The Balaban J connectivity index is 2.05.